The zero-order valence-corrected chi connectivity index (χ0v) is 6.97. The highest BCUT2D eigenvalue weighted by molar-refractivity contribution is 4.87. The highest BCUT2D eigenvalue weighted by Gasteiger charge is 2.35. The van der Waals surface area contributed by atoms with E-state index in [1.165, 1.54) is 0 Å². The minimum absolute atomic E-state index is 0.0897. The molecule has 0 N–H and O–H groups in total. The van der Waals surface area contributed by atoms with Crippen molar-refractivity contribution >= 4 is 0 Å². The average molecular weight is 193 g/mol. The van der Waals surface area contributed by atoms with E-state index in [9.17, 15) is 13.2 Å². The number of hydrogen-bond acceptors (Lipinski definition) is 2. The molecule has 74 valence electrons. The van der Waals surface area contributed by atoms with Gasteiger partial charge in [0.2, 0.25) is 0 Å². The van der Waals surface area contributed by atoms with E-state index in [1.807, 2.05) is 0 Å². The lowest BCUT2D eigenvalue weighted by atomic mass is 9.88. The summed E-state index contributed by atoms with van der Waals surface area (Å²) < 4.78 is 39.1. The molecule has 0 bridgehead atoms. The first-order valence-electron chi connectivity index (χ1n) is 4.15. The maximum absolute atomic E-state index is 11.7. The van der Waals surface area contributed by atoms with Gasteiger partial charge >= 0.3 is 6.36 Å². The summed E-state index contributed by atoms with van der Waals surface area (Å²) >= 11 is 0. The second kappa shape index (κ2) is 3.97. The first-order chi connectivity index (χ1) is 6.01. The standard InChI is InChI=1S/C8H10F3NO/c9-8(10,11)13-7-3-1-6(5-12)2-4-7/h6-7H,1-4H2/t6-,7-. The van der Waals surface area contributed by atoms with E-state index in [1.54, 1.807) is 0 Å². The Bertz CT molecular complexity index is 200. The molecule has 0 aromatic carbocycles. The monoisotopic (exact) mass is 193 g/mol. The van der Waals surface area contributed by atoms with Crippen molar-refractivity contribution < 1.29 is 17.9 Å². The minimum Gasteiger partial charge on any atom is -0.289 e. The van der Waals surface area contributed by atoms with Gasteiger partial charge in [-0.2, -0.15) is 5.26 Å². The van der Waals surface area contributed by atoms with E-state index in [-0.39, 0.29) is 5.92 Å². The van der Waals surface area contributed by atoms with Gasteiger partial charge in [-0.3, -0.25) is 4.74 Å². The van der Waals surface area contributed by atoms with Crippen molar-refractivity contribution in [2.45, 2.75) is 38.1 Å². The summed E-state index contributed by atoms with van der Waals surface area (Å²) in [6, 6.07) is 2.05. The van der Waals surface area contributed by atoms with Crippen molar-refractivity contribution in [2.75, 3.05) is 0 Å². The lowest BCUT2D eigenvalue weighted by molar-refractivity contribution is -0.345. The predicted molar refractivity (Wildman–Crippen MR) is 38.5 cm³/mol. The van der Waals surface area contributed by atoms with Crippen LogP contribution >= 0.6 is 0 Å². The number of halogens is 3. The van der Waals surface area contributed by atoms with Crippen molar-refractivity contribution in [2.24, 2.45) is 5.92 Å². The molecule has 1 saturated carbocycles. The number of ether oxygens (including phenoxy) is 1. The molecule has 0 aromatic rings. The third-order valence-electron chi connectivity index (χ3n) is 2.16. The fourth-order valence-electron chi connectivity index (χ4n) is 1.50. The Morgan fingerprint density at radius 3 is 2.08 bits per heavy atom. The fourth-order valence-corrected chi connectivity index (χ4v) is 1.50. The van der Waals surface area contributed by atoms with Gasteiger partial charge in [-0.1, -0.05) is 0 Å². The highest BCUT2D eigenvalue weighted by atomic mass is 19.4. The molecular weight excluding hydrogens is 183 g/mol. The van der Waals surface area contributed by atoms with Gasteiger partial charge < -0.3 is 0 Å². The van der Waals surface area contributed by atoms with Crippen LogP contribution in [0.25, 0.3) is 0 Å². The first-order valence-corrected chi connectivity index (χ1v) is 4.15. The summed E-state index contributed by atoms with van der Waals surface area (Å²) in [4.78, 5) is 0. The Kier molecular flexibility index (Phi) is 3.15. The van der Waals surface area contributed by atoms with Gasteiger partial charge in [0, 0.05) is 5.92 Å². The van der Waals surface area contributed by atoms with Crippen LogP contribution in [0.15, 0.2) is 0 Å². The summed E-state index contributed by atoms with van der Waals surface area (Å²) in [6.45, 7) is 0. The number of hydrogen-bond donors (Lipinski definition) is 0. The summed E-state index contributed by atoms with van der Waals surface area (Å²) in [5.41, 5.74) is 0. The number of nitrogens with zero attached hydrogens (tertiary/aromatic N) is 1. The predicted octanol–water partition coefficient (Wildman–Crippen LogP) is 2.61. The van der Waals surface area contributed by atoms with Crippen molar-refractivity contribution in [3.8, 4) is 6.07 Å². The maximum Gasteiger partial charge on any atom is 0.522 e. The minimum atomic E-state index is -4.54. The van der Waals surface area contributed by atoms with E-state index in [0.29, 0.717) is 25.7 Å². The zero-order chi connectivity index (χ0) is 9.90. The SMILES string of the molecule is N#C[C@H]1CC[C@H](OC(F)(F)F)CC1. The molecule has 0 radical (unpaired) electrons. The van der Waals surface area contributed by atoms with Gasteiger partial charge in [0.15, 0.2) is 0 Å². The topological polar surface area (TPSA) is 33.0 Å². The second-order valence-electron chi connectivity index (χ2n) is 3.17. The Morgan fingerprint density at radius 2 is 1.69 bits per heavy atom. The Hall–Kier alpha value is -0.760. The summed E-state index contributed by atoms with van der Waals surface area (Å²) in [7, 11) is 0. The number of alkyl halides is 3. The molecule has 1 fully saturated rings. The Morgan fingerprint density at radius 1 is 1.15 bits per heavy atom. The smallest absolute Gasteiger partial charge is 0.289 e. The van der Waals surface area contributed by atoms with Crippen LogP contribution < -0.4 is 0 Å². The quantitative estimate of drug-likeness (QED) is 0.641. The van der Waals surface area contributed by atoms with Gasteiger partial charge in [0.05, 0.1) is 12.2 Å². The molecule has 1 aliphatic rings. The molecule has 5 heteroatoms. The average Bonchev–Trinajstić information content (AvgIpc) is 2.03. The maximum atomic E-state index is 11.7. The molecule has 1 aliphatic carbocycles. The molecule has 13 heavy (non-hydrogen) atoms. The Labute approximate surface area is 74.3 Å². The van der Waals surface area contributed by atoms with Crippen LogP contribution in [0.2, 0.25) is 0 Å². The van der Waals surface area contributed by atoms with Gasteiger partial charge in [0.1, 0.15) is 0 Å². The Balaban J connectivity index is 2.30. The normalized spacial score (nSPS) is 29.7. The lowest BCUT2D eigenvalue weighted by Gasteiger charge is -2.25. The first kappa shape index (κ1) is 10.3. The van der Waals surface area contributed by atoms with Crippen LogP contribution in [-0.2, 0) is 4.74 Å². The molecule has 0 aliphatic heterocycles. The molecule has 0 aromatic heterocycles. The van der Waals surface area contributed by atoms with Crippen molar-refractivity contribution in [1.82, 2.24) is 0 Å². The molecule has 0 atom stereocenters. The number of nitriles is 1. The molecule has 0 amide bonds. The fraction of sp³-hybridized carbons (Fsp3) is 0.875. The molecular formula is C8H10F3NO. The molecule has 2 nitrogen and oxygen atoms in total. The van der Waals surface area contributed by atoms with E-state index in [0.717, 1.165) is 0 Å². The van der Waals surface area contributed by atoms with Crippen LogP contribution in [-0.4, -0.2) is 12.5 Å². The molecule has 0 unspecified atom stereocenters. The zero-order valence-electron chi connectivity index (χ0n) is 6.97. The van der Waals surface area contributed by atoms with Gasteiger partial charge in [-0.25, -0.2) is 0 Å². The van der Waals surface area contributed by atoms with E-state index in [2.05, 4.69) is 10.8 Å². The highest BCUT2D eigenvalue weighted by Crippen LogP contribution is 2.30. The molecule has 0 heterocycles. The van der Waals surface area contributed by atoms with E-state index >= 15 is 0 Å². The number of rotatable bonds is 1. The van der Waals surface area contributed by atoms with Gasteiger partial charge in [-0.05, 0) is 25.7 Å². The summed E-state index contributed by atoms with van der Waals surface area (Å²) in [5.74, 6) is -0.0897. The van der Waals surface area contributed by atoms with E-state index < -0.39 is 12.5 Å². The van der Waals surface area contributed by atoms with Crippen molar-refractivity contribution in [3.05, 3.63) is 0 Å². The van der Waals surface area contributed by atoms with E-state index in [4.69, 9.17) is 5.26 Å². The molecule has 0 spiro atoms. The summed E-state index contributed by atoms with van der Waals surface area (Å²) in [6.07, 6.45) is -3.60. The third-order valence-corrected chi connectivity index (χ3v) is 2.16. The summed E-state index contributed by atoms with van der Waals surface area (Å²) in [5, 5.41) is 8.50. The van der Waals surface area contributed by atoms with Crippen molar-refractivity contribution in [3.63, 3.8) is 0 Å². The second-order valence-corrected chi connectivity index (χ2v) is 3.17. The third kappa shape index (κ3) is 3.64. The molecule has 1 rings (SSSR count). The lowest BCUT2D eigenvalue weighted by Crippen LogP contribution is -2.27. The van der Waals surface area contributed by atoms with Gasteiger partial charge in [0.25, 0.3) is 0 Å². The molecule has 0 saturated heterocycles. The van der Waals surface area contributed by atoms with Crippen LogP contribution in [0.5, 0.6) is 0 Å². The van der Waals surface area contributed by atoms with Crippen LogP contribution in [0.3, 0.4) is 0 Å². The van der Waals surface area contributed by atoms with Crippen LogP contribution in [0.1, 0.15) is 25.7 Å². The van der Waals surface area contributed by atoms with Crippen LogP contribution in [0, 0.1) is 17.2 Å². The largest absolute Gasteiger partial charge is 0.522 e. The van der Waals surface area contributed by atoms with Gasteiger partial charge in [-0.15, -0.1) is 13.2 Å². The van der Waals surface area contributed by atoms with Crippen LogP contribution in [0.4, 0.5) is 13.2 Å². The van der Waals surface area contributed by atoms with Crippen molar-refractivity contribution in [1.29, 1.82) is 5.26 Å².